The van der Waals surface area contributed by atoms with Crippen LogP contribution in [-0.4, -0.2) is 10.9 Å². The second-order valence-corrected chi connectivity index (χ2v) is 7.05. The Kier molecular flexibility index (Phi) is 3.66. The SMILES string of the molecule is O=C1c2ccccc2-c2ccccc2C1(c1ccccc1)c1ccccc1O. The number of hydrogen-bond acceptors (Lipinski definition) is 2. The molecule has 0 heterocycles. The third kappa shape index (κ3) is 2.12. The van der Waals surface area contributed by atoms with Gasteiger partial charge in [-0.2, -0.15) is 0 Å². The van der Waals surface area contributed by atoms with Crippen LogP contribution in [0.25, 0.3) is 11.1 Å². The molecule has 0 bridgehead atoms. The van der Waals surface area contributed by atoms with Crippen LogP contribution < -0.4 is 0 Å². The summed E-state index contributed by atoms with van der Waals surface area (Å²) in [6, 6.07) is 32.6. The number of ketones is 1. The van der Waals surface area contributed by atoms with E-state index in [1.807, 2.05) is 84.9 Å². The normalized spacial score (nSPS) is 17.6. The number of para-hydroxylation sites is 1. The van der Waals surface area contributed by atoms with Gasteiger partial charge in [0.05, 0.1) is 0 Å². The van der Waals surface area contributed by atoms with Gasteiger partial charge in [-0.15, -0.1) is 0 Å². The largest absolute Gasteiger partial charge is 0.508 e. The number of Topliss-reactive ketones (excluding diaryl/α,β-unsaturated/α-hetero) is 1. The first-order valence-electron chi connectivity index (χ1n) is 9.32. The van der Waals surface area contributed by atoms with Crippen LogP contribution in [0.4, 0.5) is 0 Å². The van der Waals surface area contributed by atoms with Crippen molar-refractivity contribution in [3.8, 4) is 16.9 Å². The predicted octanol–water partition coefficient (Wildman–Crippen LogP) is 5.59. The average Bonchev–Trinajstić information content (AvgIpc) is 2.76. The Bertz CT molecular complexity index is 1190. The van der Waals surface area contributed by atoms with Gasteiger partial charge in [-0.05, 0) is 28.3 Å². The van der Waals surface area contributed by atoms with E-state index in [4.69, 9.17) is 0 Å². The summed E-state index contributed by atoms with van der Waals surface area (Å²) in [5, 5.41) is 10.8. The minimum Gasteiger partial charge on any atom is -0.508 e. The van der Waals surface area contributed by atoms with Crippen molar-refractivity contribution in [3.63, 3.8) is 0 Å². The van der Waals surface area contributed by atoms with Crippen molar-refractivity contribution in [1.82, 2.24) is 0 Å². The van der Waals surface area contributed by atoms with Gasteiger partial charge < -0.3 is 5.11 Å². The lowest BCUT2D eigenvalue weighted by Gasteiger charge is -2.39. The fourth-order valence-electron chi connectivity index (χ4n) is 4.47. The molecule has 1 aliphatic rings. The van der Waals surface area contributed by atoms with Crippen LogP contribution in [0.5, 0.6) is 5.75 Å². The number of hydrogen-bond donors (Lipinski definition) is 1. The van der Waals surface area contributed by atoms with Gasteiger partial charge in [-0.1, -0.05) is 97.1 Å². The van der Waals surface area contributed by atoms with Crippen LogP contribution in [0.15, 0.2) is 103 Å². The number of carbonyl (C=O) groups is 1. The maximum Gasteiger partial charge on any atom is 0.183 e. The van der Waals surface area contributed by atoms with Gasteiger partial charge in [0.2, 0.25) is 0 Å². The second-order valence-electron chi connectivity index (χ2n) is 7.05. The van der Waals surface area contributed by atoms with Gasteiger partial charge in [-0.3, -0.25) is 4.79 Å². The van der Waals surface area contributed by atoms with Crippen LogP contribution in [0, 0.1) is 0 Å². The number of aromatic hydroxyl groups is 1. The van der Waals surface area contributed by atoms with Gasteiger partial charge in [0.25, 0.3) is 0 Å². The van der Waals surface area contributed by atoms with E-state index in [-0.39, 0.29) is 11.5 Å². The summed E-state index contributed by atoms with van der Waals surface area (Å²) in [7, 11) is 0. The van der Waals surface area contributed by atoms with Crippen LogP contribution in [-0.2, 0) is 5.41 Å². The summed E-state index contributed by atoms with van der Waals surface area (Å²) in [6.07, 6.45) is 0. The minimum absolute atomic E-state index is 0.0190. The molecule has 2 nitrogen and oxygen atoms in total. The van der Waals surface area contributed by atoms with Gasteiger partial charge in [-0.25, -0.2) is 0 Å². The zero-order valence-corrected chi connectivity index (χ0v) is 15.2. The van der Waals surface area contributed by atoms with Crippen molar-refractivity contribution in [2.45, 2.75) is 5.41 Å². The Morgan fingerprint density at radius 2 is 1.07 bits per heavy atom. The van der Waals surface area contributed by atoms with Gasteiger partial charge in [0, 0.05) is 11.1 Å². The Balaban J connectivity index is 1.99. The standard InChI is InChI=1S/C26H18O2/c27-24-17-9-8-16-23(24)26(18-10-2-1-3-11-18)22-15-7-6-13-20(22)19-12-4-5-14-21(19)25(26)28/h1-17,27H. The monoisotopic (exact) mass is 362 g/mol. The maximum atomic E-state index is 14.1. The lowest BCUT2D eigenvalue weighted by atomic mass is 9.60. The highest BCUT2D eigenvalue weighted by Gasteiger charge is 2.50. The molecule has 0 amide bonds. The summed E-state index contributed by atoms with van der Waals surface area (Å²) in [4.78, 5) is 14.1. The molecule has 1 atom stereocenters. The van der Waals surface area contributed by atoms with Crippen molar-refractivity contribution in [3.05, 3.63) is 125 Å². The summed E-state index contributed by atoms with van der Waals surface area (Å²) >= 11 is 0. The molecule has 1 aliphatic carbocycles. The highest BCUT2D eigenvalue weighted by molar-refractivity contribution is 6.17. The molecular formula is C26H18O2. The van der Waals surface area contributed by atoms with E-state index in [1.54, 1.807) is 12.1 Å². The molecule has 4 aromatic rings. The van der Waals surface area contributed by atoms with E-state index < -0.39 is 5.41 Å². The molecule has 0 aromatic heterocycles. The van der Waals surface area contributed by atoms with E-state index in [0.717, 1.165) is 22.3 Å². The number of phenolic OH excluding ortho intramolecular Hbond substituents is 1. The first kappa shape index (κ1) is 16.5. The average molecular weight is 362 g/mol. The number of fused-ring (bicyclic) bond motifs is 3. The van der Waals surface area contributed by atoms with Crippen molar-refractivity contribution < 1.29 is 9.90 Å². The smallest absolute Gasteiger partial charge is 0.183 e. The summed E-state index contributed by atoms with van der Waals surface area (Å²) in [5.74, 6) is 0.100. The molecule has 5 rings (SSSR count). The number of phenols is 1. The number of carbonyl (C=O) groups excluding carboxylic acids is 1. The third-order valence-electron chi connectivity index (χ3n) is 5.65. The Labute approximate surface area is 163 Å². The molecule has 28 heavy (non-hydrogen) atoms. The molecule has 1 N–H and O–H groups in total. The zero-order valence-electron chi connectivity index (χ0n) is 15.2. The summed E-state index contributed by atoms with van der Waals surface area (Å²) in [6.45, 7) is 0. The molecule has 2 heteroatoms. The van der Waals surface area contributed by atoms with E-state index in [2.05, 4.69) is 6.07 Å². The summed E-state index contributed by atoms with van der Waals surface area (Å²) < 4.78 is 0. The third-order valence-corrected chi connectivity index (χ3v) is 5.65. The molecule has 0 fully saturated rings. The lowest BCUT2D eigenvalue weighted by molar-refractivity contribution is 0.0931. The number of rotatable bonds is 2. The van der Waals surface area contributed by atoms with Crippen LogP contribution in [0.3, 0.4) is 0 Å². The predicted molar refractivity (Wildman–Crippen MR) is 111 cm³/mol. The molecule has 0 radical (unpaired) electrons. The van der Waals surface area contributed by atoms with E-state index in [1.165, 1.54) is 0 Å². The van der Waals surface area contributed by atoms with E-state index in [9.17, 15) is 9.90 Å². The van der Waals surface area contributed by atoms with Crippen molar-refractivity contribution in [2.24, 2.45) is 0 Å². The highest BCUT2D eigenvalue weighted by atomic mass is 16.3. The fraction of sp³-hybridized carbons (Fsp3) is 0.0385. The first-order chi connectivity index (χ1) is 13.7. The molecule has 0 spiro atoms. The van der Waals surface area contributed by atoms with Crippen LogP contribution >= 0.6 is 0 Å². The quantitative estimate of drug-likeness (QED) is 0.505. The van der Waals surface area contributed by atoms with Crippen LogP contribution in [0.1, 0.15) is 27.0 Å². The number of benzene rings is 4. The fourth-order valence-corrected chi connectivity index (χ4v) is 4.47. The van der Waals surface area contributed by atoms with Gasteiger partial charge >= 0.3 is 0 Å². The van der Waals surface area contributed by atoms with Crippen molar-refractivity contribution >= 4 is 5.78 Å². The Morgan fingerprint density at radius 3 is 1.79 bits per heavy atom. The topological polar surface area (TPSA) is 37.3 Å². The van der Waals surface area contributed by atoms with Crippen LogP contribution in [0.2, 0.25) is 0 Å². The van der Waals surface area contributed by atoms with E-state index in [0.29, 0.717) is 11.1 Å². The molecule has 0 aliphatic heterocycles. The zero-order chi connectivity index (χ0) is 19.1. The Morgan fingerprint density at radius 1 is 0.536 bits per heavy atom. The van der Waals surface area contributed by atoms with Crippen molar-refractivity contribution in [1.29, 1.82) is 0 Å². The highest BCUT2D eigenvalue weighted by Crippen LogP contribution is 2.52. The summed E-state index contributed by atoms with van der Waals surface area (Å²) in [5.41, 5.74) is 3.88. The van der Waals surface area contributed by atoms with Crippen molar-refractivity contribution in [2.75, 3.05) is 0 Å². The Hall–Kier alpha value is -3.65. The first-order valence-corrected chi connectivity index (χ1v) is 9.32. The molecule has 4 aromatic carbocycles. The molecule has 1 unspecified atom stereocenters. The molecule has 0 saturated carbocycles. The van der Waals surface area contributed by atoms with Gasteiger partial charge in [0.1, 0.15) is 11.2 Å². The molecular weight excluding hydrogens is 344 g/mol. The minimum atomic E-state index is -1.10. The van der Waals surface area contributed by atoms with Gasteiger partial charge in [0.15, 0.2) is 5.78 Å². The lowest BCUT2D eigenvalue weighted by Crippen LogP contribution is -2.41. The van der Waals surface area contributed by atoms with E-state index >= 15 is 0 Å². The maximum absolute atomic E-state index is 14.1. The molecule has 134 valence electrons. The molecule has 0 saturated heterocycles. The second kappa shape index (κ2) is 6.21.